The summed E-state index contributed by atoms with van der Waals surface area (Å²) in [6, 6.07) is 13.6. The lowest BCUT2D eigenvalue weighted by Gasteiger charge is -2.28. The number of ether oxygens (including phenoxy) is 1. The molecule has 0 radical (unpaired) electrons. The van der Waals surface area contributed by atoms with E-state index in [0.717, 1.165) is 11.1 Å². The van der Waals surface area contributed by atoms with Crippen LogP contribution < -0.4 is 10.1 Å². The molecule has 0 fully saturated rings. The molecule has 0 aromatic heterocycles. The van der Waals surface area contributed by atoms with Gasteiger partial charge in [0.1, 0.15) is 0 Å². The molecule has 110 valence electrons. The Kier molecular flexibility index (Phi) is 3.64. The van der Waals surface area contributed by atoms with Gasteiger partial charge in [-0.05, 0) is 30.3 Å². The fraction of sp³-hybridized carbons (Fsp3) is 0.294. The van der Waals surface area contributed by atoms with Crippen LogP contribution in [0.3, 0.4) is 0 Å². The van der Waals surface area contributed by atoms with Gasteiger partial charge in [-0.15, -0.1) is 0 Å². The van der Waals surface area contributed by atoms with E-state index < -0.39 is 17.6 Å². The molecular formula is C17H17F2NO. The summed E-state index contributed by atoms with van der Waals surface area (Å²) in [6.07, 6.45) is -0.540. The highest BCUT2D eigenvalue weighted by molar-refractivity contribution is 5.40. The van der Waals surface area contributed by atoms with Crippen LogP contribution in [0.5, 0.6) is 5.75 Å². The number of hydrogen-bond donors (Lipinski definition) is 1. The van der Waals surface area contributed by atoms with E-state index in [1.165, 1.54) is 12.1 Å². The maximum atomic E-state index is 15.3. The minimum atomic E-state index is -1.58. The van der Waals surface area contributed by atoms with Gasteiger partial charge in [-0.25, -0.2) is 8.78 Å². The van der Waals surface area contributed by atoms with Crippen LogP contribution in [0.25, 0.3) is 0 Å². The number of halogens is 2. The van der Waals surface area contributed by atoms with Gasteiger partial charge in [0.25, 0.3) is 0 Å². The van der Waals surface area contributed by atoms with Crippen molar-refractivity contribution in [2.24, 2.45) is 0 Å². The number of benzene rings is 2. The van der Waals surface area contributed by atoms with E-state index in [4.69, 9.17) is 4.74 Å². The average Bonchev–Trinajstić information content (AvgIpc) is 2.74. The molecule has 21 heavy (non-hydrogen) atoms. The first-order valence-corrected chi connectivity index (χ1v) is 6.96. The fourth-order valence-corrected chi connectivity index (χ4v) is 2.92. The topological polar surface area (TPSA) is 21.3 Å². The molecular weight excluding hydrogens is 272 g/mol. The van der Waals surface area contributed by atoms with Crippen LogP contribution in [-0.4, -0.2) is 19.3 Å². The van der Waals surface area contributed by atoms with Crippen molar-refractivity contribution in [2.45, 2.75) is 18.2 Å². The fourth-order valence-electron chi connectivity index (χ4n) is 2.92. The standard InChI is InChI=1S/C17H17F2NO/c1-20-11-17(19)10-12-6-2-3-7-13(12)16(17)21-15-9-5-4-8-14(15)18/h2-9,16,20H,10-11H2,1H3. The highest BCUT2D eigenvalue weighted by Crippen LogP contribution is 2.44. The van der Waals surface area contributed by atoms with Gasteiger partial charge in [-0.2, -0.15) is 0 Å². The van der Waals surface area contributed by atoms with E-state index in [1.807, 2.05) is 24.3 Å². The zero-order valence-electron chi connectivity index (χ0n) is 11.8. The normalized spacial score (nSPS) is 23.9. The summed E-state index contributed by atoms with van der Waals surface area (Å²) in [5.74, 6) is -0.397. The molecule has 0 bridgehead atoms. The van der Waals surface area contributed by atoms with Crippen LogP contribution in [0.4, 0.5) is 8.78 Å². The van der Waals surface area contributed by atoms with Crippen molar-refractivity contribution in [3.05, 3.63) is 65.5 Å². The smallest absolute Gasteiger partial charge is 0.168 e. The van der Waals surface area contributed by atoms with Crippen molar-refractivity contribution in [1.82, 2.24) is 5.32 Å². The molecule has 0 saturated carbocycles. The highest BCUT2D eigenvalue weighted by atomic mass is 19.1. The second-order valence-corrected chi connectivity index (χ2v) is 5.37. The molecule has 0 spiro atoms. The lowest BCUT2D eigenvalue weighted by atomic mass is 9.99. The van der Waals surface area contributed by atoms with Gasteiger partial charge < -0.3 is 10.1 Å². The number of alkyl halides is 1. The Bertz CT molecular complexity index is 646. The number of para-hydroxylation sites is 1. The van der Waals surface area contributed by atoms with Crippen LogP contribution in [-0.2, 0) is 6.42 Å². The summed E-state index contributed by atoms with van der Waals surface area (Å²) >= 11 is 0. The lowest BCUT2D eigenvalue weighted by Crippen LogP contribution is -2.41. The molecule has 1 aliphatic carbocycles. The quantitative estimate of drug-likeness (QED) is 0.931. The Morgan fingerprint density at radius 1 is 1.19 bits per heavy atom. The molecule has 0 saturated heterocycles. The predicted molar refractivity (Wildman–Crippen MR) is 77.7 cm³/mol. The Labute approximate surface area is 122 Å². The third-order valence-electron chi connectivity index (χ3n) is 3.84. The van der Waals surface area contributed by atoms with Crippen LogP contribution >= 0.6 is 0 Å². The summed E-state index contributed by atoms with van der Waals surface area (Å²) in [6.45, 7) is 0.154. The number of fused-ring (bicyclic) bond motifs is 1. The zero-order chi connectivity index (χ0) is 14.9. The second-order valence-electron chi connectivity index (χ2n) is 5.37. The Morgan fingerprint density at radius 2 is 1.90 bits per heavy atom. The van der Waals surface area contributed by atoms with Crippen molar-refractivity contribution in [3.8, 4) is 5.75 Å². The van der Waals surface area contributed by atoms with Gasteiger partial charge in [0.2, 0.25) is 0 Å². The molecule has 2 aromatic carbocycles. The molecule has 1 aliphatic rings. The minimum Gasteiger partial charge on any atom is -0.479 e. The van der Waals surface area contributed by atoms with E-state index in [9.17, 15) is 4.39 Å². The molecule has 2 nitrogen and oxygen atoms in total. The first kappa shape index (κ1) is 14.0. The lowest BCUT2D eigenvalue weighted by molar-refractivity contribution is 0.0209. The van der Waals surface area contributed by atoms with E-state index >= 15 is 4.39 Å². The molecule has 4 heteroatoms. The SMILES string of the molecule is CNCC1(F)Cc2ccccc2C1Oc1ccccc1F. The highest BCUT2D eigenvalue weighted by Gasteiger charge is 2.48. The van der Waals surface area contributed by atoms with Crippen LogP contribution in [0.2, 0.25) is 0 Å². The molecule has 2 atom stereocenters. The Balaban J connectivity index is 1.98. The molecule has 1 N–H and O–H groups in total. The van der Waals surface area contributed by atoms with Crippen molar-refractivity contribution in [2.75, 3.05) is 13.6 Å². The van der Waals surface area contributed by atoms with Crippen LogP contribution in [0, 0.1) is 5.82 Å². The van der Waals surface area contributed by atoms with Gasteiger partial charge in [0, 0.05) is 13.0 Å². The predicted octanol–water partition coefficient (Wildman–Crippen LogP) is 3.43. The van der Waals surface area contributed by atoms with Gasteiger partial charge in [-0.3, -0.25) is 0 Å². The summed E-state index contributed by atoms with van der Waals surface area (Å²) in [4.78, 5) is 0. The largest absolute Gasteiger partial charge is 0.479 e. The van der Waals surface area contributed by atoms with Gasteiger partial charge in [0.05, 0.1) is 0 Å². The van der Waals surface area contributed by atoms with E-state index in [1.54, 1.807) is 19.2 Å². The maximum Gasteiger partial charge on any atom is 0.168 e. The first-order valence-electron chi connectivity index (χ1n) is 6.96. The van der Waals surface area contributed by atoms with Crippen molar-refractivity contribution >= 4 is 0 Å². The van der Waals surface area contributed by atoms with Gasteiger partial charge in [-0.1, -0.05) is 36.4 Å². The van der Waals surface area contributed by atoms with Crippen molar-refractivity contribution in [1.29, 1.82) is 0 Å². The van der Waals surface area contributed by atoms with Crippen molar-refractivity contribution in [3.63, 3.8) is 0 Å². The third-order valence-corrected chi connectivity index (χ3v) is 3.84. The maximum absolute atomic E-state index is 15.3. The third kappa shape index (κ3) is 2.51. The zero-order valence-corrected chi connectivity index (χ0v) is 11.8. The second kappa shape index (κ2) is 5.45. The molecule has 2 unspecified atom stereocenters. The summed E-state index contributed by atoms with van der Waals surface area (Å²) < 4.78 is 34.8. The summed E-state index contributed by atoms with van der Waals surface area (Å²) in [5.41, 5.74) is 0.121. The summed E-state index contributed by atoms with van der Waals surface area (Å²) in [7, 11) is 1.70. The van der Waals surface area contributed by atoms with Gasteiger partial charge >= 0.3 is 0 Å². The number of rotatable bonds is 4. The molecule has 0 aliphatic heterocycles. The number of nitrogens with one attached hydrogen (secondary N) is 1. The van der Waals surface area contributed by atoms with Gasteiger partial charge in [0.15, 0.2) is 23.3 Å². The first-order chi connectivity index (χ1) is 10.1. The monoisotopic (exact) mass is 289 g/mol. The number of hydrogen-bond acceptors (Lipinski definition) is 2. The van der Waals surface area contributed by atoms with Crippen molar-refractivity contribution < 1.29 is 13.5 Å². The molecule has 2 aromatic rings. The molecule has 3 rings (SSSR count). The van der Waals surface area contributed by atoms with E-state index in [-0.39, 0.29) is 18.7 Å². The minimum absolute atomic E-state index is 0.0809. The average molecular weight is 289 g/mol. The van der Waals surface area contributed by atoms with Crippen LogP contribution in [0.1, 0.15) is 17.2 Å². The molecule has 0 amide bonds. The Morgan fingerprint density at radius 3 is 2.67 bits per heavy atom. The van der Waals surface area contributed by atoms with E-state index in [2.05, 4.69) is 5.32 Å². The van der Waals surface area contributed by atoms with E-state index in [0.29, 0.717) is 0 Å². The summed E-state index contributed by atoms with van der Waals surface area (Å²) in [5, 5.41) is 2.87. The molecule has 0 heterocycles. The Hall–Kier alpha value is -1.94. The van der Waals surface area contributed by atoms with Crippen LogP contribution in [0.15, 0.2) is 48.5 Å².